The van der Waals surface area contributed by atoms with Crippen molar-refractivity contribution in [2.75, 3.05) is 0 Å². The van der Waals surface area contributed by atoms with Crippen LogP contribution >= 0.6 is 0 Å². The second-order valence-corrected chi connectivity index (χ2v) is 3.06. The largest absolute Gasteiger partial charge is 0.509 e. The first kappa shape index (κ1) is 11.4. The van der Waals surface area contributed by atoms with E-state index in [-0.39, 0.29) is 12.5 Å². The minimum atomic E-state index is -4.93. The summed E-state index contributed by atoms with van der Waals surface area (Å²) < 4.78 is 36.7. The molecule has 0 bridgehead atoms. The minimum Gasteiger partial charge on any atom is -0.445 e. The lowest BCUT2D eigenvalue weighted by atomic mass is 9.80. The molecule has 1 aromatic rings. The lowest BCUT2D eigenvalue weighted by molar-refractivity contribution is 0.501. The van der Waals surface area contributed by atoms with Crippen molar-refractivity contribution >= 4 is 18.4 Å². The van der Waals surface area contributed by atoms with Crippen LogP contribution in [0, 0.1) is 0 Å². The van der Waals surface area contributed by atoms with Gasteiger partial charge in [-0.15, -0.1) is 5.46 Å². The zero-order chi connectivity index (χ0) is 11.5. The summed E-state index contributed by atoms with van der Waals surface area (Å²) in [6, 6.07) is 4.77. The molecule has 0 aliphatic rings. The SMILES string of the molecule is NC(N)=NCc1ccc([B-](F)(F)F)cc1. The number of hydrogen-bond donors (Lipinski definition) is 2. The van der Waals surface area contributed by atoms with E-state index >= 15 is 0 Å². The quantitative estimate of drug-likeness (QED) is 0.439. The number of guanidine groups is 1. The van der Waals surface area contributed by atoms with Gasteiger partial charge < -0.3 is 24.4 Å². The van der Waals surface area contributed by atoms with Gasteiger partial charge in [-0.05, 0) is 5.56 Å². The highest BCUT2D eigenvalue weighted by Gasteiger charge is 2.24. The number of aliphatic imine (C=N–C) groups is 1. The van der Waals surface area contributed by atoms with Crippen LogP contribution in [0.1, 0.15) is 5.56 Å². The Morgan fingerprint density at radius 1 is 1.13 bits per heavy atom. The third-order valence-corrected chi connectivity index (χ3v) is 1.80. The normalized spacial score (nSPS) is 11.1. The van der Waals surface area contributed by atoms with Gasteiger partial charge in [-0.3, -0.25) is 0 Å². The Labute approximate surface area is 85.0 Å². The molecule has 0 radical (unpaired) electrons. The van der Waals surface area contributed by atoms with Crippen molar-refractivity contribution < 1.29 is 12.9 Å². The van der Waals surface area contributed by atoms with Crippen molar-refractivity contribution in [3.63, 3.8) is 0 Å². The summed E-state index contributed by atoms with van der Waals surface area (Å²) in [5.74, 6) is -0.0842. The molecular formula is C8H10BF3N3-. The first-order valence-electron chi connectivity index (χ1n) is 4.24. The summed E-state index contributed by atoms with van der Waals surface area (Å²) >= 11 is 0. The molecule has 0 fully saturated rings. The Kier molecular flexibility index (Phi) is 3.23. The molecule has 0 saturated heterocycles. The van der Waals surface area contributed by atoms with Gasteiger partial charge in [0, 0.05) is 0 Å². The summed E-state index contributed by atoms with van der Waals surface area (Å²) in [5, 5.41) is 0. The summed E-state index contributed by atoms with van der Waals surface area (Å²) in [7, 11) is 0. The molecule has 0 aliphatic carbocycles. The highest BCUT2D eigenvalue weighted by atomic mass is 19.4. The van der Waals surface area contributed by atoms with Crippen LogP contribution < -0.4 is 16.9 Å². The molecule has 4 N–H and O–H groups in total. The molecule has 0 heterocycles. The van der Waals surface area contributed by atoms with Crippen LogP contribution in [0.3, 0.4) is 0 Å². The number of nitrogens with two attached hydrogens (primary N) is 2. The zero-order valence-corrected chi connectivity index (χ0v) is 7.83. The van der Waals surface area contributed by atoms with Crippen LogP contribution in [-0.4, -0.2) is 12.9 Å². The van der Waals surface area contributed by atoms with E-state index in [2.05, 4.69) is 4.99 Å². The van der Waals surface area contributed by atoms with Crippen molar-refractivity contribution in [3.8, 4) is 0 Å². The lowest BCUT2D eigenvalue weighted by Crippen LogP contribution is -2.33. The Morgan fingerprint density at radius 3 is 2.07 bits per heavy atom. The third kappa shape index (κ3) is 3.53. The van der Waals surface area contributed by atoms with Gasteiger partial charge in [0.2, 0.25) is 0 Å². The maximum atomic E-state index is 12.2. The zero-order valence-electron chi connectivity index (χ0n) is 7.83. The molecule has 15 heavy (non-hydrogen) atoms. The van der Waals surface area contributed by atoms with Crippen LogP contribution in [-0.2, 0) is 6.54 Å². The molecule has 0 spiro atoms. The van der Waals surface area contributed by atoms with Crippen molar-refractivity contribution in [3.05, 3.63) is 29.8 Å². The van der Waals surface area contributed by atoms with E-state index in [0.29, 0.717) is 5.56 Å². The maximum absolute atomic E-state index is 12.2. The van der Waals surface area contributed by atoms with Gasteiger partial charge >= 0.3 is 6.98 Å². The standard InChI is InChI=1S/C8H10BF3N3/c10-9(11,12)7-3-1-6(2-4-7)5-15-8(13)14/h1-4H,5H2,(H4,13,14,15)/q-1. The van der Waals surface area contributed by atoms with E-state index < -0.39 is 12.4 Å². The summed E-state index contributed by atoms with van der Waals surface area (Å²) in [4.78, 5) is 3.68. The van der Waals surface area contributed by atoms with Gasteiger partial charge in [0.15, 0.2) is 5.96 Å². The lowest BCUT2D eigenvalue weighted by Gasteiger charge is -2.14. The monoisotopic (exact) mass is 216 g/mol. The number of hydrogen-bond acceptors (Lipinski definition) is 1. The fraction of sp³-hybridized carbons (Fsp3) is 0.125. The summed E-state index contributed by atoms with van der Waals surface area (Å²) in [6.07, 6.45) is 0. The van der Waals surface area contributed by atoms with Crippen LogP contribution in [0.25, 0.3) is 0 Å². The first-order valence-corrected chi connectivity index (χ1v) is 4.24. The molecular weight excluding hydrogens is 206 g/mol. The molecule has 1 aromatic carbocycles. The predicted molar refractivity (Wildman–Crippen MR) is 54.7 cm³/mol. The van der Waals surface area contributed by atoms with Crippen LogP contribution in [0.15, 0.2) is 29.3 Å². The van der Waals surface area contributed by atoms with E-state index in [4.69, 9.17) is 11.5 Å². The molecule has 3 nitrogen and oxygen atoms in total. The summed E-state index contributed by atoms with van der Waals surface area (Å²) in [5.41, 5.74) is 10.2. The average molecular weight is 216 g/mol. The predicted octanol–water partition coefficient (Wildman–Crippen LogP) is 0.514. The topological polar surface area (TPSA) is 64.4 Å². The van der Waals surface area contributed by atoms with Crippen LogP contribution in [0.5, 0.6) is 0 Å². The Bertz CT molecular complexity index is 354. The first-order chi connectivity index (χ1) is 6.89. The van der Waals surface area contributed by atoms with Gasteiger partial charge in [0.25, 0.3) is 0 Å². The molecule has 0 unspecified atom stereocenters. The second kappa shape index (κ2) is 4.25. The van der Waals surface area contributed by atoms with Gasteiger partial charge in [-0.2, -0.15) is 0 Å². The Balaban J connectivity index is 2.77. The van der Waals surface area contributed by atoms with E-state index in [1.54, 1.807) is 0 Å². The van der Waals surface area contributed by atoms with Gasteiger partial charge in [-0.1, -0.05) is 24.3 Å². The maximum Gasteiger partial charge on any atom is 0.509 e. The molecule has 1 rings (SSSR count). The van der Waals surface area contributed by atoms with Crippen molar-refractivity contribution in [1.82, 2.24) is 0 Å². The van der Waals surface area contributed by atoms with E-state index in [0.717, 1.165) is 12.1 Å². The number of halogens is 3. The van der Waals surface area contributed by atoms with Crippen molar-refractivity contribution in [2.24, 2.45) is 16.5 Å². The molecule has 0 amide bonds. The highest BCUT2D eigenvalue weighted by molar-refractivity contribution is 6.73. The van der Waals surface area contributed by atoms with Gasteiger partial charge in [0.05, 0.1) is 6.54 Å². The smallest absolute Gasteiger partial charge is 0.445 e. The molecule has 82 valence electrons. The van der Waals surface area contributed by atoms with E-state index in [9.17, 15) is 12.9 Å². The average Bonchev–Trinajstić information content (AvgIpc) is 2.14. The van der Waals surface area contributed by atoms with E-state index in [1.165, 1.54) is 12.1 Å². The third-order valence-electron chi connectivity index (χ3n) is 1.80. The molecule has 0 aliphatic heterocycles. The fourth-order valence-electron chi connectivity index (χ4n) is 1.02. The number of rotatable bonds is 3. The van der Waals surface area contributed by atoms with E-state index in [1.807, 2.05) is 0 Å². The van der Waals surface area contributed by atoms with Gasteiger partial charge in [-0.25, -0.2) is 4.99 Å². The van der Waals surface area contributed by atoms with Crippen molar-refractivity contribution in [1.29, 1.82) is 0 Å². The molecule has 0 aromatic heterocycles. The number of benzene rings is 1. The Morgan fingerprint density at radius 2 is 1.67 bits per heavy atom. The number of nitrogens with zero attached hydrogens (tertiary/aromatic N) is 1. The second-order valence-electron chi connectivity index (χ2n) is 3.06. The summed E-state index contributed by atoms with van der Waals surface area (Å²) in [6.45, 7) is -4.74. The van der Waals surface area contributed by atoms with Crippen molar-refractivity contribution in [2.45, 2.75) is 6.54 Å². The fourth-order valence-corrected chi connectivity index (χ4v) is 1.02. The Hall–Kier alpha value is -1.66. The van der Waals surface area contributed by atoms with Gasteiger partial charge in [0.1, 0.15) is 0 Å². The molecule has 0 saturated carbocycles. The molecule has 7 heteroatoms. The molecule has 0 atom stereocenters. The van der Waals surface area contributed by atoms with Crippen LogP contribution in [0.4, 0.5) is 12.9 Å². The minimum absolute atomic E-state index is 0.0842. The highest BCUT2D eigenvalue weighted by Crippen LogP contribution is 2.09. The van der Waals surface area contributed by atoms with Crippen LogP contribution in [0.2, 0.25) is 0 Å².